The SMILES string of the molecule is c1ccc(-c2cc3sc4ccccc4c3cc2N(c2ccccc2)c2ccc3cc4c(cc3c2)-c2cc3ccc(-n5c6ccccc6c6ccccc65)cc3cc2-4)cc1. The second-order valence-corrected chi connectivity index (χ2v) is 16.8. The minimum Gasteiger partial charge on any atom is -0.310 e. The zero-order chi connectivity index (χ0) is 38.6. The molecule has 0 N–H and O–H groups in total. The molecule has 0 unspecified atom stereocenters. The first kappa shape index (κ1) is 32.6. The molecule has 0 bridgehead atoms. The van der Waals surface area contributed by atoms with Crippen LogP contribution in [0.25, 0.3) is 103 Å². The first-order valence-corrected chi connectivity index (χ1v) is 21.1. The van der Waals surface area contributed by atoms with Crippen molar-refractivity contribution >= 4 is 91.9 Å². The number of fused-ring (bicyclic) bond motifs is 12. The fourth-order valence-corrected chi connectivity index (χ4v) is 10.8. The van der Waals surface area contributed by atoms with Crippen molar-refractivity contribution in [3.05, 3.63) is 206 Å². The zero-order valence-electron chi connectivity index (χ0n) is 31.9. The second-order valence-electron chi connectivity index (χ2n) is 15.7. The Hall–Kier alpha value is -7.46. The van der Waals surface area contributed by atoms with Crippen LogP contribution in [0.3, 0.4) is 0 Å². The molecule has 0 saturated heterocycles. The molecule has 2 nitrogen and oxygen atoms in total. The number of thiophene rings is 1. The highest BCUT2D eigenvalue weighted by atomic mass is 32.1. The maximum absolute atomic E-state index is 2.45. The van der Waals surface area contributed by atoms with E-state index in [-0.39, 0.29) is 0 Å². The quantitative estimate of drug-likeness (QED) is 0.169. The fourth-order valence-electron chi connectivity index (χ4n) is 9.68. The van der Waals surface area contributed by atoms with Gasteiger partial charge >= 0.3 is 0 Å². The molecule has 0 radical (unpaired) electrons. The van der Waals surface area contributed by atoms with Gasteiger partial charge in [-0.1, -0.05) is 115 Å². The monoisotopic (exact) mass is 766 g/mol. The van der Waals surface area contributed by atoms with Gasteiger partial charge in [0.25, 0.3) is 0 Å². The van der Waals surface area contributed by atoms with Crippen molar-refractivity contribution in [2.24, 2.45) is 0 Å². The Bertz CT molecular complexity index is 3620. The standard InChI is InChI=1S/C56H34N2S/c1-3-13-35(14-4-1)46-34-56-51(45-19-9-12-22-55(45)59-56)33-54(46)57(40-15-5-2-6-16-40)41-25-23-36-29-47-49(31-38(36)27-41)48-30-37-24-26-42(28-39(37)32-50(47)48)58-52-20-10-7-17-43(52)44-18-8-11-21-53(44)58/h1-34H. The van der Waals surface area contributed by atoms with Crippen LogP contribution < -0.4 is 4.90 Å². The van der Waals surface area contributed by atoms with E-state index in [0.717, 1.165) is 11.4 Å². The Kier molecular flexibility index (Phi) is 6.92. The number of aromatic nitrogens is 1. The average molecular weight is 767 g/mol. The lowest BCUT2D eigenvalue weighted by Gasteiger charge is -2.29. The van der Waals surface area contributed by atoms with Crippen LogP contribution >= 0.6 is 11.3 Å². The minimum atomic E-state index is 1.13. The lowest BCUT2D eigenvalue weighted by Crippen LogP contribution is -2.11. The van der Waals surface area contributed by atoms with Gasteiger partial charge in [-0.25, -0.2) is 0 Å². The summed E-state index contributed by atoms with van der Waals surface area (Å²) in [5.74, 6) is 0. The summed E-state index contributed by atoms with van der Waals surface area (Å²) in [7, 11) is 0. The van der Waals surface area contributed by atoms with Crippen LogP contribution in [-0.4, -0.2) is 4.57 Å². The second kappa shape index (κ2) is 12.5. The van der Waals surface area contributed by atoms with Crippen molar-refractivity contribution in [3.8, 4) is 39.1 Å². The van der Waals surface area contributed by atoms with Crippen molar-refractivity contribution in [1.29, 1.82) is 0 Å². The predicted octanol–water partition coefficient (Wildman–Crippen LogP) is 16.2. The summed E-state index contributed by atoms with van der Waals surface area (Å²) < 4.78 is 5.02. The molecule has 0 amide bonds. The zero-order valence-corrected chi connectivity index (χ0v) is 32.7. The molecule has 0 fully saturated rings. The Morgan fingerprint density at radius 2 is 0.898 bits per heavy atom. The smallest absolute Gasteiger partial charge is 0.0547 e. The number of anilines is 3. The summed E-state index contributed by atoms with van der Waals surface area (Å²) in [4.78, 5) is 2.45. The molecule has 10 aromatic carbocycles. The van der Waals surface area contributed by atoms with E-state index in [9.17, 15) is 0 Å². The van der Waals surface area contributed by atoms with E-state index in [1.54, 1.807) is 0 Å². The molecule has 274 valence electrons. The molecule has 0 saturated carbocycles. The predicted molar refractivity (Wildman–Crippen MR) is 253 cm³/mol. The highest BCUT2D eigenvalue weighted by Crippen LogP contribution is 2.52. The van der Waals surface area contributed by atoms with E-state index in [0.29, 0.717) is 0 Å². The van der Waals surface area contributed by atoms with Crippen LogP contribution in [0.1, 0.15) is 0 Å². The minimum absolute atomic E-state index is 1.13. The summed E-state index contributed by atoms with van der Waals surface area (Å²) in [6, 6.07) is 76.2. The number of para-hydroxylation sites is 3. The van der Waals surface area contributed by atoms with Gasteiger partial charge in [-0.2, -0.15) is 0 Å². The van der Waals surface area contributed by atoms with E-state index < -0.39 is 0 Å². The van der Waals surface area contributed by atoms with Crippen molar-refractivity contribution in [2.45, 2.75) is 0 Å². The highest BCUT2D eigenvalue weighted by molar-refractivity contribution is 7.25. The van der Waals surface area contributed by atoms with Crippen LogP contribution in [0, 0.1) is 0 Å². The summed E-state index contributed by atoms with van der Waals surface area (Å²) in [5, 5.41) is 10.1. The highest BCUT2D eigenvalue weighted by Gasteiger charge is 2.25. The first-order chi connectivity index (χ1) is 29.2. The van der Waals surface area contributed by atoms with Gasteiger partial charge in [0.15, 0.2) is 0 Å². The largest absolute Gasteiger partial charge is 0.310 e. The molecule has 12 aromatic rings. The van der Waals surface area contributed by atoms with Gasteiger partial charge in [-0.3, -0.25) is 0 Å². The van der Waals surface area contributed by atoms with Crippen molar-refractivity contribution in [2.75, 3.05) is 4.90 Å². The maximum atomic E-state index is 2.45. The van der Waals surface area contributed by atoms with E-state index in [1.807, 2.05) is 11.3 Å². The number of nitrogens with zero attached hydrogens (tertiary/aromatic N) is 2. The molecule has 59 heavy (non-hydrogen) atoms. The molecular formula is C56H34N2S. The van der Waals surface area contributed by atoms with Crippen LogP contribution in [0.4, 0.5) is 17.1 Å². The number of hydrogen-bond donors (Lipinski definition) is 0. The average Bonchev–Trinajstić information content (AvgIpc) is 3.83. The van der Waals surface area contributed by atoms with Crippen molar-refractivity contribution < 1.29 is 0 Å². The lowest BCUT2D eigenvalue weighted by atomic mass is 9.78. The van der Waals surface area contributed by atoms with E-state index in [4.69, 9.17) is 0 Å². The third-order valence-corrected chi connectivity index (χ3v) is 13.6. The molecule has 0 aliphatic heterocycles. The third-order valence-electron chi connectivity index (χ3n) is 12.4. The van der Waals surface area contributed by atoms with Gasteiger partial charge < -0.3 is 9.47 Å². The van der Waals surface area contributed by atoms with E-state index in [2.05, 4.69) is 216 Å². The Morgan fingerprint density at radius 3 is 1.59 bits per heavy atom. The molecule has 3 heteroatoms. The molecule has 1 aliphatic rings. The Labute approximate surface area is 345 Å². The topological polar surface area (TPSA) is 8.17 Å². The van der Waals surface area contributed by atoms with Crippen LogP contribution in [0.2, 0.25) is 0 Å². The van der Waals surface area contributed by atoms with Gasteiger partial charge in [-0.05, 0) is 140 Å². The molecule has 2 heterocycles. The number of benzene rings is 10. The summed E-state index contributed by atoms with van der Waals surface area (Å²) in [6.45, 7) is 0. The molecule has 1 aliphatic carbocycles. The van der Waals surface area contributed by atoms with Crippen molar-refractivity contribution in [3.63, 3.8) is 0 Å². The Morgan fingerprint density at radius 1 is 0.339 bits per heavy atom. The first-order valence-electron chi connectivity index (χ1n) is 20.2. The number of rotatable bonds is 5. The van der Waals surface area contributed by atoms with Crippen LogP contribution in [-0.2, 0) is 0 Å². The van der Waals surface area contributed by atoms with Gasteiger partial charge in [-0.15, -0.1) is 11.3 Å². The molecule has 13 rings (SSSR count). The van der Waals surface area contributed by atoms with Crippen LogP contribution in [0.5, 0.6) is 0 Å². The van der Waals surface area contributed by atoms with Gasteiger partial charge in [0, 0.05) is 53.6 Å². The molecule has 0 spiro atoms. The Balaban J connectivity index is 0.947. The van der Waals surface area contributed by atoms with E-state index >= 15 is 0 Å². The fraction of sp³-hybridized carbons (Fsp3) is 0. The van der Waals surface area contributed by atoms with E-state index in [1.165, 1.54) is 108 Å². The van der Waals surface area contributed by atoms with Crippen molar-refractivity contribution in [1.82, 2.24) is 4.57 Å². The van der Waals surface area contributed by atoms with Crippen LogP contribution in [0.15, 0.2) is 206 Å². The third kappa shape index (κ3) is 4.92. The van der Waals surface area contributed by atoms with Gasteiger partial charge in [0.1, 0.15) is 0 Å². The summed E-state index contributed by atoms with van der Waals surface area (Å²) >= 11 is 1.87. The lowest BCUT2D eigenvalue weighted by molar-refractivity contribution is 1.19. The van der Waals surface area contributed by atoms with Gasteiger partial charge in [0.05, 0.1) is 16.7 Å². The number of hydrogen-bond acceptors (Lipinski definition) is 2. The maximum Gasteiger partial charge on any atom is 0.0547 e. The molecular weight excluding hydrogens is 733 g/mol. The normalized spacial score (nSPS) is 12.1. The summed E-state index contributed by atoms with van der Waals surface area (Å²) in [5.41, 5.74) is 14.8. The summed E-state index contributed by atoms with van der Waals surface area (Å²) in [6.07, 6.45) is 0. The molecule has 0 atom stereocenters. The molecule has 2 aromatic heterocycles. The van der Waals surface area contributed by atoms with Gasteiger partial charge in [0.2, 0.25) is 0 Å².